The zero-order valence-electron chi connectivity index (χ0n) is 12.9. The van der Waals surface area contributed by atoms with Gasteiger partial charge in [-0.15, -0.1) is 0 Å². The van der Waals surface area contributed by atoms with Crippen LogP contribution in [0.2, 0.25) is 0 Å². The average molecular weight is 293 g/mol. The lowest BCUT2D eigenvalue weighted by Gasteiger charge is -2.45. The van der Waals surface area contributed by atoms with Crippen molar-refractivity contribution < 1.29 is 5.11 Å². The van der Waals surface area contributed by atoms with Crippen LogP contribution in [0.4, 0.5) is 0 Å². The van der Waals surface area contributed by atoms with Crippen LogP contribution in [0.3, 0.4) is 0 Å². The minimum absolute atomic E-state index is 0.404. The first-order valence-corrected chi connectivity index (χ1v) is 8.41. The van der Waals surface area contributed by atoms with Crippen LogP contribution in [0.1, 0.15) is 35.4 Å². The van der Waals surface area contributed by atoms with Crippen LogP contribution in [0.25, 0.3) is 0 Å². The number of benzene rings is 2. The lowest BCUT2D eigenvalue weighted by atomic mass is 9.75. The molecule has 1 fully saturated rings. The van der Waals surface area contributed by atoms with Crippen molar-refractivity contribution in [3.8, 4) is 5.75 Å². The summed E-state index contributed by atoms with van der Waals surface area (Å²) in [5, 5.41) is 9.95. The highest BCUT2D eigenvalue weighted by Gasteiger charge is 2.35. The van der Waals surface area contributed by atoms with Gasteiger partial charge in [-0.05, 0) is 67.6 Å². The SMILES string of the molecule is Oc1ccc2c(c1)C(Cc1ccccc1)C(N1CCC1)CC2. The molecule has 1 aliphatic carbocycles. The molecule has 2 heteroatoms. The average Bonchev–Trinajstić information content (AvgIpc) is 2.49. The molecule has 2 aliphatic rings. The molecule has 2 aromatic rings. The van der Waals surface area contributed by atoms with Crippen LogP contribution < -0.4 is 0 Å². The number of nitrogens with zero attached hydrogens (tertiary/aromatic N) is 1. The first-order chi connectivity index (χ1) is 10.8. The van der Waals surface area contributed by atoms with Crippen molar-refractivity contribution in [1.29, 1.82) is 0 Å². The maximum atomic E-state index is 9.95. The molecule has 0 radical (unpaired) electrons. The largest absolute Gasteiger partial charge is 0.508 e. The van der Waals surface area contributed by atoms with Crippen molar-refractivity contribution in [3.05, 3.63) is 65.2 Å². The molecule has 0 bridgehead atoms. The minimum Gasteiger partial charge on any atom is -0.508 e. The standard InChI is InChI=1S/C20H23NO/c22-17-9-7-16-8-10-20(21-11-4-12-21)19(18(16)14-17)13-15-5-2-1-3-6-15/h1-3,5-7,9,14,19-20,22H,4,8,10-13H2. The summed E-state index contributed by atoms with van der Waals surface area (Å²) in [7, 11) is 0. The number of hydrogen-bond donors (Lipinski definition) is 1. The van der Waals surface area contributed by atoms with Crippen LogP contribution in [0, 0.1) is 0 Å². The quantitative estimate of drug-likeness (QED) is 0.932. The third kappa shape index (κ3) is 2.52. The van der Waals surface area contributed by atoms with E-state index < -0.39 is 0 Å². The zero-order valence-corrected chi connectivity index (χ0v) is 12.9. The second kappa shape index (κ2) is 5.77. The van der Waals surface area contributed by atoms with Gasteiger partial charge in [-0.1, -0.05) is 36.4 Å². The molecular weight excluding hydrogens is 270 g/mol. The van der Waals surface area contributed by atoms with E-state index in [1.54, 1.807) is 0 Å². The molecule has 1 aliphatic heterocycles. The van der Waals surface area contributed by atoms with Gasteiger partial charge in [0, 0.05) is 12.0 Å². The van der Waals surface area contributed by atoms with Crippen molar-refractivity contribution in [3.63, 3.8) is 0 Å². The Hall–Kier alpha value is -1.80. The fourth-order valence-corrected chi connectivity index (χ4v) is 4.09. The maximum absolute atomic E-state index is 9.95. The molecule has 2 nitrogen and oxygen atoms in total. The van der Waals surface area contributed by atoms with Gasteiger partial charge in [0.15, 0.2) is 0 Å². The molecular formula is C20H23NO. The van der Waals surface area contributed by atoms with Gasteiger partial charge in [0.25, 0.3) is 0 Å². The minimum atomic E-state index is 0.404. The smallest absolute Gasteiger partial charge is 0.115 e. The Morgan fingerprint density at radius 1 is 1.05 bits per heavy atom. The fraction of sp³-hybridized carbons (Fsp3) is 0.400. The van der Waals surface area contributed by atoms with Crippen molar-refractivity contribution >= 4 is 0 Å². The van der Waals surface area contributed by atoms with Gasteiger partial charge in [0.05, 0.1) is 0 Å². The summed E-state index contributed by atoms with van der Waals surface area (Å²) in [6.45, 7) is 2.48. The van der Waals surface area contributed by atoms with E-state index in [0.29, 0.717) is 17.7 Å². The highest BCUT2D eigenvalue weighted by Crippen LogP contribution is 2.39. The summed E-state index contributed by atoms with van der Waals surface area (Å²) < 4.78 is 0. The topological polar surface area (TPSA) is 23.5 Å². The molecule has 22 heavy (non-hydrogen) atoms. The lowest BCUT2D eigenvalue weighted by molar-refractivity contribution is 0.0876. The van der Waals surface area contributed by atoms with Gasteiger partial charge in [-0.2, -0.15) is 0 Å². The van der Waals surface area contributed by atoms with E-state index >= 15 is 0 Å². The fourth-order valence-electron chi connectivity index (χ4n) is 4.09. The highest BCUT2D eigenvalue weighted by atomic mass is 16.3. The Kier molecular flexibility index (Phi) is 3.63. The van der Waals surface area contributed by atoms with Crippen LogP contribution >= 0.6 is 0 Å². The molecule has 0 aromatic heterocycles. The van der Waals surface area contributed by atoms with E-state index in [4.69, 9.17) is 0 Å². The second-order valence-corrected chi connectivity index (χ2v) is 6.67. The Labute approximate surface area is 132 Å². The summed E-state index contributed by atoms with van der Waals surface area (Å²) in [5.74, 6) is 0.902. The van der Waals surface area contributed by atoms with E-state index in [1.807, 2.05) is 12.1 Å². The van der Waals surface area contributed by atoms with Crippen molar-refractivity contribution in [2.75, 3.05) is 13.1 Å². The number of phenolic OH excluding ortho intramolecular Hbond substituents is 1. The molecule has 114 valence electrons. The molecule has 2 unspecified atom stereocenters. The predicted octanol–water partition coefficient (Wildman–Crippen LogP) is 3.74. The maximum Gasteiger partial charge on any atom is 0.115 e. The third-order valence-corrected chi connectivity index (χ3v) is 5.36. The van der Waals surface area contributed by atoms with Gasteiger partial charge in [0.1, 0.15) is 5.75 Å². The second-order valence-electron chi connectivity index (χ2n) is 6.67. The predicted molar refractivity (Wildman–Crippen MR) is 89.3 cm³/mol. The normalized spacial score (nSPS) is 24.5. The molecule has 0 spiro atoms. The molecule has 1 heterocycles. The van der Waals surface area contributed by atoms with Crippen molar-refractivity contribution in [2.24, 2.45) is 0 Å². The molecule has 1 saturated heterocycles. The molecule has 0 amide bonds. The van der Waals surface area contributed by atoms with E-state index in [9.17, 15) is 5.11 Å². The van der Waals surface area contributed by atoms with Gasteiger partial charge >= 0.3 is 0 Å². The van der Waals surface area contributed by atoms with Crippen molar-refractivity contribution in [1.82, 2.24) is 4.90 Å². The third-order valence-electron chi connectivity index (χ3n) is 5.36. The summed E-state index contributed by atoms with van der Waals surface area (Å²) in [6, 6.07) is 17.4. The van der Waals surface area contributed by atoms with Gasteiger partial charge in [-0.3, -0.25) is 4.90 Å². The van der Waals surface area contributed by atoms with Crippen LogP contribution in [-0.2, 0) is 12.8 Å². The van der Waals surface area contributed by atoms with Crippen LogP contribution in [0.15, 0.2) is 48.5 Å². The summed E-state index contributed by atoms with van der Waals surface area (Å²) in [5.41, 5.74) is 4.19. The van der Waals surface area contributed by atoms with E-state index in [2.05, 4.69) is 41.3 Å². The number of likely N-dealkylation sites (tertiary alicyclic amines) is 1. The Morgan fingerprint density at radius 2 is 1.86 bits per heavy atom. The number of rotatable bonds is 3. The number of hydrogen-bond acceptors (Lipinski definition) is 2. The molecule has 2 aromatic carbocycles. The van der Waals surface area contributed by atoms with Crippen LogP contribution in [-0.4, -0.2) is 29.1 Å². The Bertz CT molecular complexity index is 648. The summed E-state index contributed by atoms with van der Waals surface area (Å²) in [4.78, 5) is 2.64. The number of fused-ring (bicyclic) bond motifs is 1. The van der Waals surface area contributed by atoms with E-state index in [0.717, 1.165) is 12.8 Å². The molecule has 2 atom stereocenters. The van der Waals surface area contributed by atoms with E-state index in [1.165, 1.54) is 42.6 Å². The number of phenols is 1. The number of aryl methyl sites for hydroxylation is 1. The van der Waals surface area contributed by atoms with Crippen molar-refractivity contribution in [2.45, 2.75) is 37.6 Å². The van der Waals surface area contributed by atoms with E-state index in [-0.39, 0.29) is 0 Å². The molecule has 0 saturated carbocycles. The first-order valence-electron chi connectivity index (χ1n) is 8.41. The molecule has 4 rings (SSSR count). The van der Waals surface area contributed by atoms with Gasteiger partial charge in [-0.25, -0.2) is 0 Å². The number of aromatic hydroxyl groups is 1. The monoisotopic (exact) mass is 293 g/mol. The highest BCUT2D eigenvalue weighted by molar-refractivity contribution is 5.41. The zero-order chi connectivity index (χ0) is 14.9. The lowest BCUT2D eigenvalue weighted by Crippen LogP contribution is -2.49. The first kappa shape index (κ1) is 13.8. The Morgan fingerprint density at radius 3 is 2.59 bits per heavy atom. The Balaban J connectivity index is 1.70. The summed E-state index contributed by atoms with van der Waals surface area (Å²) >= 11 is 0. The van der Waals surface area contributed by atoms with Gasteiger partial charge < -0.3 is 5.11 Å². The summed E-state index contributed by atoms with van der Waals surface area (Å²) in [6.07, 6.45) is 4.79. The van der Waals surface area contributed by atoms with Gasteiger partial charge in [0.2, 0.25) is 0 Å². The molecule has 1 N–H and O–H groups in total. The van der Waals surface area contributed by atoms with Crippen LogP contribution in [0.5, 0.6) is 5.75 Å².